The Morgan fingerprint density at radius 3 is 2.64 bits per heavy atom. The quantitative estimate of drug-likeness (QED) is 0.701. The van der Waals surface area contributed by atoms with Crippen molar-refractivity contribution in [2.45, 2.75) is 39.5 Å². The van der Waals surface area contributed by atoms with Crippen molar-refractivity contribution < 1.29 is 9.21 Å². The maximum absolute atomic E-state index is 12.4. The van der Waals surface area contributed by atoms with E-state index in [0.717, 1.165) is 33.5 Å². The molecule has 0 fully saturated rings. The molecule has 2 aromatic heterocycles. The first-order valence-corrected chi connectivity index (χ1v) is 9.11. The minimum atomic E-state index is -0.0656. The molecule has 1 aromatic carbocycles. The summed E-state index contributed by atoms with van der Waals surface area (Å²) in [5.74, 6) is 1.53. The van der Waals surface area contributed by atoms with Gasteiger partial charge in [-0.3, -0.25) is 4.79 Å². The van der Waals surface area contributed by atoms with Crippen molar-refractivity contribution in [3.8, 4) is 10.8 Å². The van der Waals surface area contributed by atoms with Crippen LogP contribution in [-0.2, 0) is 16.6 Å². The van der Waals surface area contributed by atoms with Gasteiger partial charge in [0.05, 0.1) is 12.1 Å². The third-order valence-corrected chi connectivity index (χ3v) is 4.76. The number of thiazole rings is 1. The molecule has 0 radical (unpaired) electrons. The van der Waals surface area contributed by atoms with Crippen molar-refractivity contribution in [2.24, 2.45) is 0 Å². The van der Waals surface area contributed by atoms with Crippen LogP contribution in [-0.4, -0.2) is 10.9 Å². The highest BCUT2D eigenvalue weighted by Crippen LogP contribution is 2.29. The van der Waals surface area contributed by atoms with E-state index >= 15 is 0 Å². The van der Waals surface area contributed by atoms with Gasteiger partial charge in [-0.05, 0) is 36.1 Å². The Labute approximate surface area is 151 Å². The molecule has 1 amide bonds. The topological polar surface area (TPSA) is 55.1 Å². The number of nitrogens with one attached hydrogen (secondary N) is 1. The minimum Gasteiger partial charge on any atom is -0.459 e. The summed E-state index contributed by atoms with van der Waals surface area (Å²) in [5.41, 5.74) is 2.69. The normalized spacial score (nSPS) is 11.5. The van der Waals surface area contributed by atoms with Crippen LogP contribution in [0.3, 0.4) is 0 Å². The smallest absolute Gasteiger partial charge is 0.230 e. The molecule has 3 rings (SSSR count). The number of anilines is 1. The molecular formula is C20H22N2O2S. The molecule has 25 heavy (non-hydrogen) atoms. The molecule has 0 unspecified atom stereocenters. The van der Waals surface area contributed by atoms with Crippen molar-refractivity contribution in [3.63, 3.8) is 0 Å². The molecule has 0 atom stereocenters. The number of rotatable bonds is 4. The van der Waals surface area contributed by atoms with Crippen LogP contribution in [0.1, 0.15) is 37.8 Å². The van der Waals surface area contributed by atoms with E-state index in [2.05, 4.69) is 37.1 Å². The van der Waals surface area contributed by atoms with E-state index in [1.54, 1.807) is 0 Å². The predicted octanol–water partition coefficient (Wildman–Crippen LogP) is 5.19. The second-order valence-corrected chi connectivity index (χ2v) is 7.93. The number of amides is 1. The lowest BCUT2D eigenvalue weighted by Crippen LogP contribution is -2.20. The van der Waals surface area contributed by atoms with E-state index in [1.807, 2.05) is 42.6 Å². The Bertz CT molecular complexity index is 887. The lowest BCUT2D eigenvalue weighted by molar-refractivity contribution is -0.115. The van der Waals surface area contributed by atoms with Gasteiger partial charge in [0, 0.05) is 11.1 Å². The fourth-order valence-electron chi connectivity index (χ4n) is 2.66. The minimum absolute atomic E-state index is 0.0329. The first-order chi connectivity index (χ1) is 11.8. The summed E-state index contributed by atoms with van der Waals surface area (Å²) in [6, 6.07) is 11.7. The summed E-state index contributed by atoms with van der Waals surface area (Å²) in [7, 11) is 0. The number of carbonyl (C=O) groups excluding carboxylic acids is 1. The van der Waals surface area contributed by atoms with E-state index in [1.165, 1.54) is 11.3 Å². The van der Waals surface area contributed by atoms with Gasteiger partial charge in [0.25, 0.3) is 0 Å². The molecule has 4 nitrogen and oxygen atoms in total. The predicted molar refractivity (Wildman–Crippen MR) is 102 cm³/mol. The van der Waals surface area contributed by atoms with Crippen LogP contribution < -0.4 is 5.32 Å². The first-order valence-electron chi connectivity index (χ1n) is 8.23. The number of para-hydroxylation sites is 1. The lowest BCUT2D eigenvalue weighted by Gasteiger charge is -2.22. The van der Waals surface area contributed by atoms with Gasteiger partial charge < -0.3 is 9.73 Å². The first kappa shape index (κ1) is 17.4. The van der Waals surface area contributed by atoms with Crippen LogP contribution >= 0.6 is 11.3 Å². The Morgan fingerprint density at radius 2 is 1.96 bits per heavy atom. The fraction of sp³-hybridized carbons (Fsp3) is 0.300. The molecule has 0 saturated carbocycles. The van der Waals surface area contributed by atoms with E-state index in [0.29, 0.717) is 0 Å². The molecule has 2 heterocycles. The van der Waals surface area contributed by atoms with Gasteiger partial charge in [0.1, 0.15) is 5.76 Å². The lowest BCUT2D eigenvalue weighted by atomic mass is 9.86. The van der Waals surface area contributed by atoms with Gasteiger partial charge in [-0.25, -0.2) is 4.98 Å². The molecule has 0 spiro atoms. The monoisotopic (exact) mass is 354 g/mol. The molecule has 130 valence electrons. The average molecular weight is 354 g/mol. The highest BCUT2D eigenvalue weighted by Gasteiger charge is 2.19. The highest BCUT2D eigenvalue weighted by atomic mass is 32.1. The molecule has 0 aliphatic rings. The molecule has 0 aliphatic heterocycles. The number of hydrogen-bond donors (Lipinski definition) is 1. The molecule has 0 aliphatic carbocycles. The molecule has 1 N–H and O–H groups in total. The van der Waals surface area contributed by atoms with Crippen LogP contribution in [0.25, 0.3) is 10.8 Å². The Balaban J connectivity index is 1.71. The van der Waals surface area contributed by atoms with Crippen LogP contribution in [0.4, 0.5) is 5.69 Å². The second kappa shape index (κ2) is 6.84. The summed E-state index contributed by atoms with van der Waals surface area (Å²) in [6.45, 7) is 8.31. The average Bonchev–Trinajstić information content (AvgIpc) is 3.15. The maximum Gasteiger partial charge on any atom is 0.230 e. The highest BCUT2D eigenvalue weighted by molar-refractivity contribution is 7.13. The molecular weight excluding hydrogens is 332 g/mol. The molecule has 0 saturated heterocycles. The van der Waals surface area contributed by atoms with E-state index in [4.69, 9.17) is 4.42 Å². The van der Waals surface area contributed by atoms with Crippen LogP contribution in [0.2, 0.25) is 0 Å². The van der Waals surface area contributed by atoms with E-state index in [9.17, 15) is 4.79 Å². The van der Waals surface area contributed by atoms with Crippen LogP contribution in [0.5, 0.6) is 0 Å². The summed E-state index contributed by atoms with van der Waals surface area (Å²) in [4.78, 5) is 17.0. The number of carbonyl (C=O) groups is 1. The Kier molecular flexibility index (Phi) is 4.77. The van der Waals surface area contributed by atoms with Gasteiger partial charge in [-0.1, -0.05) is 39.0 Å². The summed E-state index contributed by atoms with van der Waals surface area (Å²) < 4.78 is 5.58. The van der Waals surface area contributed by atoms with Gasteiger partial charge in [0.2, 0.25) is 5.91 Å². The third-order valence-electron chi connectivity index (χ3n) is 3.85. The molecule has 0 bridgehead atoms. The van der Waals surface area contributed by atoms with Crippen molar-refractivity contribution in [1.29, 1.82) is 0 Å². The molecule has 3 aromatic rings. The van der Waals surface area contributed by atoms with Crippen LogP contribution in [0.15, 0.2) is 46.2 Å². The van der Waals surface area contributed by atoms with Crippen molar-refractivity contribution >= 4 is 22.9 Å². The number of aromatic nitrogens is 1. The summed E-state index contributed by atoms with van der Waals surface area (Å²) >= 11 is 1.49. The van der Waals surface area contributed by atoms with Crippen molar-refractivity contribution in [2.75, 3.05) is 5.32 Å². The van der Waals surface area contributed by atoms with Crippen molar-refractivity contribution in [3.05, 3.63) is 58.8 Å². The van der Waals surface area contributed by atoms with Crippen molar-refractivity contribution in [1.82, 2.24) is 4.98 Å². The molecule has 5 heteroatoms. The van der Waals surface area contributed by atoms with Gasteiger partial charge in [-0.15, -0.1) is 11.3 Å². The van der Waals surface area contributed by atoms with Gasteiger partial charge in [0.15, 0.2) is 10.8 Å². The van der Waals surface area contributed by atoms with E-state index in [-0.39, 0.29) is 17.7 Å². The van der Waals surface area contributed by atoms with Crippen LogP contribution in [0, 0.1) is 6.92 Å². The number of hydrogen-bond acceptors (Lipinski definition) is 4. The van der Waals surface area contributed by atoms with Gasteiger partial charge >= 0.3 is 0 Å². The number of benzene rings is 1. The second-order valence-electron chi connectivity index (χ2n) is 7.07. The number of nitrogens with zero attached hydrogens (tertiary/aromatic N) is 1. The largest absolute Gasteiger partial charge is 0.459 e. The Hall–Kier alpha value is -2.40. The SMILES string of the molecule is Cc1ccc(-c2nc(CC(=O)Nc3ccccc3C(C)(C)C)cs2)o1. The maximum atomic E-state index is 12.4. The third kappa shape index (κ3) is 4.17. The van der Waals surface area contributed by atoms with E-state index < -0.39 is 0 Å². The summed E-state index contributed by atoms with van der Waals surface area (Å²) in [6.07, 6.45) is 0.245. The zero-order chi connectivity index (χ0) is 18.0. The standard InChI is InChI=1S/C20H22N2O2S/c1-13-9-10-17(24-13)19-21-14(12-25-19)11-18(23)22-16-8-6-5-7-15(16)20(2,3)4/h5-10,12H,11H2,1-4H3,(H,22,23). The fourth-order valence-corrected chi connectivity index (χ4v) is 3.44. The summed E-state index contributed by atoms with van der Waals surface area (Å²) in [5, 5.41) is 5.72. The zero-order valence-corrected chi connectivity index (χ0v) is 15.7. The van der Waals surface area contributed by atoms with Gasteiger partial charge in [-0.2, -0.15) is 0 Å². The number of aryl methyl sites for hydroxylation is 1. The number of furan rings is 1. The zero-order valence-electron chi connectivity index (χ0n) is 14.9. The Morgan fingerprint density at radius 1 is 1.20 bits per heavy atom.